The number of hydrogen-bond donors (Lipinski definition) is 2. The molecule has 2 aliphatic carbocycles. The SMILES string of the molecule is COc1cc(C2(F)CC23C(C)=C(CC(=O)NCc2ccccc2)c2cc(F)ccc23)cc(OC)c1O. The average molecular weight is 492 g/mol. The highest BCUT2D eigenvalue weighted by atomic mass is 19.1. The molecule has 1 amide bonds. The van der Waals surface area contributed by atoms with E-state index in [1.165, 1.54) is 38.5 Å². The molecule has 1 saturated carbocycles. The van der Waals surface area contributed by atoms with Crippen LogP contribution in [-0.2, 0) is 22.4 Å². The molecule has 2 aliphatic rings. The number of methoxy groups -OCH3 is 2. The number of allylic oxidation sites excluding steroid dienone is 1. The lowest BCUT2D eigenvalue weighted by Gasteiger charge is -2.21. The normalized spacial score (nSPS) is 21.9. The van der Waals surface area contributed by atoms with Gasteiger partial charge >= 0.3 is 0 Å². The molecular formula is C29H27F2NO4. The van der Waals surface area contributed by atoms with Crippen LogP contribution in [0.4, 0.5) is 8.78 Å². The molecule has 5 nitrogen and oxygen atoms in total. The molecule has 0 radical (unpaired) electrons. The molecule has 0 bridgehead atoms. The molecule has 5 rings (SSSR count). The molecule has 186 valence electrons. The summed E-state index contributed by atoms with van der Waals surface area (Å²) in [7, 11) is 2.77. The van der Waals surface area contributed by atoms with E-state index in [0.717, 1.165) is 5.56 Å². The second-order valence-corrected chi connectivity index (χ2v) is 9.35. The van der Waals surface area contributed by atoms with Crippen molar-refractivity contribution in [1.82, 2.24) is 5.32 Å². The zero-order valence-electron chi connectivity index (χ0n) is 20.3. The predicted molar refractivity (Wildman–Crippen MR) is 132 cm³/mol. The molecule has 0 aliphatic heterocycles. The van der Waals surface area contributed by atoms with Crippen molar-refractivity contribution in [3.63, 3.8) is 0 Å². The van der Waals surface area contributed by atoms with Crippen LogP contribution >= 0.6 is 0 Å². The Morgan fingerprint density at radius 1 is 1.06 bits per heavy atom. The Morgan fingerprint density at radius 3 is 2.36 bits per heavy atom. The van der Waals surface area contributed by atoms with Crippen LogP contribution in [0.2, 0.25) is 0 Å². The number of aromatic hydroxyl groups is 1. The van der Waals surface area contributed by atoms with E-state index in [1.54, 1.807) is 6.07 Å². The van der Waals surface area contributed by atoms with Gasteiger partial charge in [0, 0.05) is 13.0 Å². The molecule has 36 heavy (non-hydrogen) atoms. The first-order chi connectivity index (χ1) is 17.2. The Morgan fingerprint density at radius 2 is 1.72 bits per heavy atom. The number of phenols is 1. The van der Waals surface area contributed by atoms with Crippen LogP contribution in [0, 0.1) is 5.82 Å². The summed E-state index contributed by atoms with van der Waals surface area (Å²) < 4.78 is 41.6. The number of carbonyl (C=O) groups excluding carboxylic acids is 1. The monoisotopic (exact) mass is 491 g/mol. The molecular weight excluding hydrogens is 464 g/mol. The number of nitrogens with one attached hydrogen (secondary N) is 1. The number of hydrogen-bond acceptors (Lipinski definition) is 4. The number of benzene rings is 3. The van der Waals surface area contributed by atoms with E-state index in [2.05, 4.69) is 5.32 Å². The lowest BCUT2D eigenvalue weighted by Crippen LogP contribution is -2.23. The maximum Gasteiger partial charge on any atom is 0.224 e. The van der Waals surface area contributed by atoms with Crippen LogP contribution in [0.3, 0.4) is 0 Å². The van der Waals surface area contributed by atoms with Gasteiger partial charge in [0.15, 0.2) is 17.2 Å². The lowest BCUT2D eigenvalue weighted by molar-refractivity contribution is -0.120. The van der Waals surface area contributed by atoms with Crippen molar-refractivity contribution in [2.45, 2.75) is 37.4 Å². The van der Waals surface area contributed by atoms with Gasteiger partial charge in [-0.2, -0.15) is 0 Å². The second-order valence-electron chi connectivity index (χ2n) is 9.35. The second kappa shape index (κ2) is 8.66. The van der Waals surface area contributed by atoms with Gasteiger partial charge < -0.3 is 19.9 Å². The number of fused-ring (bicyclic) bond motifs is 2. The highest BCUT2D eigenvalue weighted by Gasteiger charge is 2.74. The third-order valence-electron chi connectivity index (χ3n) is 7.53. The van der Waals surface area contributed by atoms with E-state index >= 15 is 4.39 Å². The first-order valence-corrected chi connectivity index (χ1v) is 11.7. The van der Waals surface area contributed by atoms with E-state index in [-0.39, 0.29) is 36.0 Å². The van der Waals surface area contributed by atoms with Gasteiger partial charge in [-0.3, -0.25) is 4.79 Å². The fourth-order valence-electron chi connectivity index (χ4n) is 5.58. The van der Waals surface area contributed by atoms with Crippen LogP contribution in [0.15, 0.2) is 66.2 Å². The van der Waals surface area contributed by atoms with Crippen molar-refractivity contribution < 1.29 is 28.2 Å². The number of carbonyl (C=O) groups is 1. The zero-order chi connectivity index (χ0) is 25.7. The maximum atomic E-state index is 16.8. The minimum atomic E-state index is -1.85. The summed E-state index contributed by atoms with van der Waals surface area (Å²) >= 11 is 0. The van der Waals surface area contributed by atoms with Gasteiger partial charge in [-0.05, 0) is 59.0 Å². The summed E-state index contributed by atoms with van der Waals surface area (Å²) in [6.07, 6.45) is 0.131. The highest BCUT2D eigenvalue weighted by molar-refractivity contribution is 5.94. The molecule has 7 heteroatoms. The van der Waals surface area contributed by atoms with Gasteiger partial charge in [-0.15, -0.1) is 0 Å². The fourth-order valence-corrected chi connectivity index (χ4v) is 5.58. The summed E-state index contributed by atoms with van der Waals surface area (Å²) in [6.45, 7) is 2.18. The number of amides is 1. The number of rotatable bonds is 7. The van der Waals surface area contributed by atoms with E-state index in [9.17, 15) is 14.3 Å². The van der Waals surface area contributed by atoms with E-state index < -0.39 is 16.9 Å². The number of alkyl halides is 1. The van der Waals surface area contributed by atoms with Gasteiger partial charge in [-0.25, -0.2) is 8.78 Å². The Labute approximate surface area is 208 Å². The highest BCUT2D eigenvalue weighted by Crippen LogP contribution is 2.74. The summed E-state index contributed by atoms with van der Waals surface area (Å²) in [5.74, 6) is -0.679. The Balaban J connectivity index is 1.52. The minimum absolute atomic E-state index is 0.00910. The molecule has 3 aromatic carbocycles. The smallest absolute Gasteiger partial charge is 0.224 e. The van der Waals surface area contributed by atoms with Gasteiger partial charge in [0.25, 0.3) is 0 Å². The largest absolute Gasteiger partial charge is 0.502 e. The van der Waals surface area contributed by atoms with Gasteiger partial charge in [-0.1, -0.05) is 42.0 Å². The summed E-state index contributed by atoms with van der Waals surface area (Å²) in [5, 5.41) is 13.2. The van der Waals surface area contributed by atoms with Crippen molar-refractivity contribution in [2.24, 2.45) is 0 Å². The van der Waals surface area contributed by atoms with E-state index in [1.807, 2.05) is 37.3 Å². The van der Waals surface area contributed by atoms with Gasteiger partial charge in [0.2, 0.25) is 11.7 Å². The molecule has 0 saturated heterocycles. The molecule has 2 atom stereocenters. The van der Waals surface area contributed by atoms with E-state index in [0.29, 0.717) is 34.4 Å². The topological polar surface area (TPSA) is 67.8 Å². The van der Waals surface area contributed by atoms with Crippen molar-refractivity contribution in [3.05, 3.63) is 94.3 Å². The first kappa shape index (κ1) is 23.9. The molecule has 2 unspecified atom stereocenters. The van der Waals surface area contributed by atoms with Crippen LogP contribution in [-0.4, -0.2) is 25.2 Å². The average Bonchev–Trinajstić information content (AvgIpc) is 3.47. The van der Waals surface area contributed by atoms with Crippen molar-refractivity contribution in [1.29, 1.82) is 0 Å². The summed E-state index contributed by atoms with van der Waals surface area (Å²) in [4.78, 5) is 12.9. The third kappa shape index (κ3) is 3.53. The van der Waals surface area contributed by atoms with Crippen molar-refractivity contribution in [3.8, 4) is 17.2 Å². The number of halogens is 2. The van der Waals surface area contributed by atoms with Gasteiger partial charge in [0.05, 0.1) is 26.1 Å². The molecule has 3 aromatic rings. The Hall–Kier alpha value is -3.87. The maximum absolute atomic E-state index is 16.8. The lowest BCUT2D eigenvalue weighted by atomic mass is 9.86. The minimum Gasteiger partial charge on any atom is -0.502 e. The van der Waals surface area contributed by atoms with E-state index in [4.69, 9.17) is 9.47 Å². The fraction of sp³-hybridized carbons (Fsp3) is 0.276. The first-order valence-electron chi connectivity index (χ1n) is 11.7. The van der Waals surface area contributed by atoms with Crippen LogP contribution in [0.1, 0.15) is 42.0 Å². The van der Waals surface area contributed by atoms with Crippen LogP contribution in [0.5, 0.6) is 17.2 Å². The summed E-state index contributed by atoms with van der Waals surface area (Å²) in [6, 6.07) is 16.8. The van der Waals surface area contributed by atoms with Crippen molar-refractivity contribution >= 4 is 11.5 Å². The number of ether oxygens (including phenoxy) is 2. The Bertz CT molecular complexity index is 1360. The standard InChI is InChI=1S/C29H27F2NO4/c1-17-21(14-26(33)32-15-18-7-5-4-6-8-18)22-13-20(30)9-10-23(22)28(17)16-29(28,31)19-11-24(35-2)27(34)25(12-19)36-3/h4-13,34H,14-16H2,1-3H3,(H,32,33). The third-order valence-corrected chi connectivity index (χ3v) is 7.53. The Kier molecular flexibility index (Phi) is 5.74. The quantitative estimate of drug-likeness (QED) is 0.455. The zero-order valence-corrected chi connectivity index (χ0v) is 20.3. The van der Waals surface area contributed by atoms with Crippen LogP contribution in [0.25, 0.3) is 5.57 Å². The molecule has 0 heterocycles. The summed E-state index contributed by atoms with van der Waals surface area (Å²) in [5.41, 5.74) is 0.904. The molecule has 1 spiro atoms. The molecule has 0 aromatic heterocycles. The van der Waals surface area contributed by atoms with Crippen LogP contribution < -0.4 is 14.8 Å². The number of phenolic OH excluding ortho intramolecular Hbond substituents is 1. The molecule has 2 N–H and O–H groups in total. The molecule has 1 fully saturated rings. The van der Waals surface area contributed by atoms with Gasteiger partial charge in [0.1, 0.15) is 5.82 Å². The van der Waals surface area contributed by atoms with Crippen molar-refractivity contribution in [2.75, 3.05) is 14.2 Å². The predicted octanol–water partition coefficient (Wildman–Crippen LogP) is 5.55.